The quantitative estimate of drug-likeness (QED) is 0.558. The van der Waals surface area contributed by atoms with Crippen molar-refractivity contribution >= 4 is 45.8 Å². The summed E-state index contributed by atoms with van der Waals surface area (Å²) in [6.45, 7) is 0. The van der Waals surface area contributed by atoms with Gasteiger partial charge in [0.1, 0.15) is 11.3 Å². The van der Waals surface area contributed by atoms with Gasteiger partial charge in [-0.1, -0.05) is 23.7 Å². The third-order valence-electron chi connectivity index (χ3n) is 5.95. The van der Waals surface area contributed by atoms with Gasteiger partial charge in [-0.2, -0.15) is 0 Å². The zero-order valence-corrected chi connectivity index (χ0v) is 18.4. The van der Waals surface area contributed by atoms with Crippen LogP contribution in [0.15, 0.2) is 52.9 Å². The average molecular weight is 440 g/mol. The standard InChI is InChI=1S/C24H26ClN3O3/c1-28(2)18-13-7-15(8-14-18)23(29)27-21-19-5-3-4-6-20(19)31-22(21)24(30)26-17-11-9-16(25)10-12-17/h3-6,9-12,15,18H,7-8,13-14H2,1-2H3,(H,26,30)(H,27,29). The van der Waals surface area contributed by atoms with Crippen molar-refractivity contribution in [2.75, 3.05) is 24.7 Å². The van der Waals surface area contributed by atoms with E-state index in [1.54, 1.807) is 30.3 Å². The van der Waals surface area contributed by atoms with Crippen molar-refractivity contribution in [2.24, 2.45) is 5.92 Å². The number of carbonyl (C=O) groups excluding carboxylic acids is 2. The molecule has 0 atom stereocenters. The second-order valence-electron chi connectivity index (χ2n) is 8.22. The van der Waals surface area contributed by atoms with Crippen LogP contribution in [0.3, 0.4) is 0 Å². The number of carbonyl (C=O) groups is 2. The fraction of sp³-hybridized carbons (Fsp3) is 0.333. The number of furan rings is 1. The Labute approximate surface area is 186 Å². The van der Waals surface area contributed by atoms with Gasteiger partial charge in [0, 0.05) is 28.1 Å². The van der Waals surface area contributed by atoms with Crippen LogP contribution in [0.5, 0.6) is 0 Å². The van der Waals surface area contributed by atoms with Crippen molar-refractivity contribution in [3.8, 4) is 0 Å². The zero-order chi connectivity index (χ0) is 22.0. The fourth-order valence-electron chi connectivity index (χ4n) is 4.13. The number of rotatable bonds is 5. The van der Waals surface area contributed by atoms with E-state index in [0.717, 1.165) is 25.7 Å². The van der Waals surface area contributed by atoms with Crippen LogP contribution in [-0.2, 0) is 4.79 Å². The molecule has 31 heavy (non-hydrogen) atoms. The lowest BCUT2D eigenvalue weighted by Gasteiger charge is -2.31. The molecule has 1 fully saturated rings. The summed E-state index contributed by atoms with van der Waals surface area (Å²) < 4.78 is 5.83. The van der Waals surface area contributed by atoms with Crippen LogP contribution in [0.25, 0.3) is 11.0 Å². The molecule has 1 aliphatic carbocycles. The Hall–Kier alpha value is -2.83. The van der Waals surface area contributed by atoms with Gasteiger partial charge in [0.2, 0.25) is 11.7 Å². The monoisotopic (exact) mass is 439 g/mol. The lowest BCUT2D eigenvalue weighted by Crippen LogP contribution is -2.35. The number of amides is 2. The Morgan fingerprint density at radius 2 is 1.65 bits per heavy atom. The summed E-state index contributed by atoms with van der Waals surface area (Å²) in [6, 6.07) is 14.7. The lowest BCUT2D eigenvalue weighted by atomic mass is 9.85. The summed E-state index contributed by atoms with van der Waals surface area (Å²) in [5, 5.41) is 7.09. The summed E-state index contributed by atoms with van der Waals surface area (Å²) in [5.74, 6) is -0.474. The maximum Gasteiger partial charge on any atom is 0.293 e. The predicted molar refractivity (Wildman–Crippen MR) is 124 cm³/mol. The van der Waals surface area contributed by atoms with Gasteiger partial charge in [0.05, 0.1) is 0 Å². The fourth-order valence-corrected chi connectivity index (χ4v) is 4.26. The van der Waals surface area contributed by atoms with E-state index in [2.05, 4.69) is 29.6 Å². The van der Waals surface area contributed by atoms with Crippen molar-refractivity contribution in [3.63, 3.8) is 0 Å². The van der Waals surface area contributed by atoms with E-state index in [1.807, 2.05) is 18.2 Å². The molecular weight excluding hydrogens is 414 g/mol. The number of halogens is 1. The molecule has 4 rings (SSSR count). The molecule has 162 valence electrons. The first kappa shape index (κ1) is 21.4. The molecule has 6 nitrogen and oxygen atoms in total. The summed E-state index contributed by atoms with van der Waals surface area (Å²) >= 11 is 5.92. The van der Waals surface area contributed by atoms with E-state index in [-0.39, 0.29) is 17.6 Å². The third-order valence-corrected chi connectivity index (χ3v) is 6.20. The molecular formula is C24H26ClN3O3. The summed E-state index contributed by atoms with van der Waals surface area (Å²) in [7, 11) is 4.16. The number of anilines is 2. The van der Waals surface area contributed by atoms with Crippen LogP contribution >= 0.6 is 11.6 Å². The van der Waals surface area contributed by atoms with E-state index < -0.39 is 5.91 Å². The van der Waals surface area contributed by atoms with Crippen molar-refractivity contribution < 1.29 is 14.0 Å². The maximum absolute atomic E-state index is 13.0. The normalized spacial score (nSPS) is 18.8. The zero-order valence-electron chi connectivity index (χ0n) is 17.7. The molecule has 0 saturated heterocycles. The van der Waals surface area contributed by atoms with Crippen molar-refractivity contribution in [3.05, 3.63) is 59.3 Å². The Bertz CT molecular complexity index is 1080. The number of nitrogens with one attached hydrogen (secondary N) is 2. The minimum Gasteiger partial charge on any atom is -0.449 e. The number of hydrogen-bond donors (Lipinski definition) is 2. The highest BCUT2D eigenvalue weighted by Gasteiger charge is 2.29. The highest BCUT2D eigenvalue weighted by Crippen LogP contribution is 2.34. The topological polar surface area (TPSA) is 74.6 Å². The van der Waals surface area contributed by atoms with Gasteiger partial charge in [-0.3, -0.25) is 9.59 Å². The first-order valence-corrected chi connectivity index (χ1v) is 10.9. The second-order valence-corrected chi connectivity index (χ2v) is 8.66. The number of hydrogen-bond acceptors (Lipinski definition) is 4. The molecule has 2 aromatic carbocycles. The summed E-state index contributed by atoms with van der Waals surface area (Å²) in [6.07, 6.45) is 3.63. The van der Waals surface area contributed by atoms with Crippen LogP contribution in [0.4, 0.5) is 11.4 Å². The van der Waals surface area contributed by atoms with Gasteiger partial charge >= 0.3 is 0 Å². The van der Waals surface area contributed by atoms with Gasteiger partial charge in [0.15, 0.2) is 0 Å². The number of benzene rings is 2. The SMILES string of the molecule is CN(C)C1CCC(C(=O)Nc2c(C(=O)Nc3ccc(Cl)cc3)oc3ccccc23)CC1. The Morgan fingerprint density at radius 1 is 0.968 bits per heavy atom. The molecule has 7 heteroatoms. The number of nitrogens with zero attached hydrogens (tertiary/aromatic N) is 1. The summed E-state index contributed by atoms with van der Waals surface area (Å²) in [4.78, 5) is 28.2. The van der Waals surface area contributed by atoms with Gasteiger partial charge in [0.25, 0.3) is 5.91 Å². The molecule has 0 unspecified atom stereocenters. The molecule has 0 spiro atoms. The van der Waals surface area contributed by atoms with E-state index >= 15 is 0 Å². The molecule has 1 aliphatic rings. The predicted octanol–water partition coefficient (Wildman–Crippen LogP) is 5.40. The molecule has 1 heterocycles. The number of fused-ring (bicyclic) bond motifs is 1. The van der Waals surface area contributed by atoms with Gasteiger partial charge in [-0.25, -0.2) is 0 Å². The van der Waals surface area contributed by atoms with Gasteiger partial charge in [-0.05, 0) is 76.2 Å². The van der Waals surface area contributed by atoms with Crippen molar-refractivity contribution in [1.82, 2.24) is 4.90 Å². The van der Waals surface area contributed by atoms with Crippen LogP contribution < -0.4 is 10.6 Å². The van der Waals surface area contributed by atoms with E-state index in [0.29, 0.717) is 33.4 Å². The Kier molecular flexibility index (Phi) is 6.30. The Balaban J connectivity index is 1.56. The molecule has 1 aromatic heterocycles. The molecule has 0 aliphatic heterocycles. The summed E-state index contributed by atoms with van der Waals surface area (Å²) in [5.41, 5.74) is 1.56. The second kappa shape index (κ2) is 9.12. The van der Waals surface area contributed by atoms with E-state index in [9.17, 15) is 9.59 Å². The minimum absolute atomic E-state index is 0.0655. The molecule has 0 radical (unpaired) electrons. The minimum atomic E-state index is -0.426. The molecule has 2 amide bonds. The molecule has 1 saturated carbocycles. The van der Waals surface area contributed by atoms with Gasteiger partial charge in [-0.15, -0.1) is 0 Å². The van der Waals surface area contributed by atoms with Crippen LogP contribution in [0.1, 0.15) is 36.2 Å². The number of para-hydroxylation sites is 1. The smallest absolute Gasteiger partial charge is 0.293 e. The van der Waals surface area contributed by atoms with Crippen molar-refractivity contribution in [2.45, 2.75) is 31.7 Å². The van der Waals surface area contributed by atoms with Crippen LogP contribution in [-0.4, -0.2) is 36.9 Å². The third kappa shape index (κ3) is 4.75. The van der Waals surface area contributed by atoms with Crippen LogP contribution in [0, 0.1) is 5.92 Å². The molecule has 3 aromatic rings. The average Bonchev–Trinajstić information content (AvgIpc) is 3.14. The Morgan fingerprint density at radius 3 is 2.32 bits per heavy atom. The maximum atomic E-state index is 13.0. The first-order valence-electron chi connectivity index (χ1n) is 10.5. The van der Waals surface area contributed by atoms with E-state index in [4.69, 9.17) is 16.0 Å². The largest absolute Gasteiger partial charge is 0.449 e. The van der Waals surface area contributed by atoms with Crippen LogP contribution in [0.2, 0.25) is 5.02 Å². The van der Waals surface area contributed by atoms with Crippen molar-refractivity contribution in [1.29, 1.82) is 0 Å². The lowest BCUT2D eigenvalue weighted by molar-refractivity contribution is -0.121. The first-order chi connectivity index (χ1) is 14.9. The van der Waals surface area contributed by atoms with E-state index in [1.165, 1.54) is 0 Å². The molecule has 0 bridgehead atoms. The highest BCUT2D eigenvalue weighted by atomic mass is 35.5. The highest BCUT2D eigenvalue weighted by molar-refractivity contribution is 6.30. The molecule has 2 N–H and O–H groups in total. The van der Waals surface area contributed by atoms with Gasteiger partial charge < -0.3 is 20.0 Å².